The molecule has 5 nitrogen and oxygen atoms in total. The number of unbranched alkanes of at least 4 members (excludes halogenated alkanes) is 2. The van der Waals surface area contributed by atoms with Gasteiger partial charge >= 0.3 is 5.97 Å². The molecule has 0 heterocycles. The van der Waals surface area contributed by atoms with Gasteiger partial charge in [-0.15, -0.1) is 0 Å². The summed E-state index contributed by atoms with van der Waals surface area (Å²) < 4.78 is 10.3. The lowest BCUT2D eigenvalue weighted by Crippen LogP contribution is -2.35. The number of rotatable bonds is 12. The van der Waals surface area contributed by atoms with E-state index >= 15 is 0 Å². The molecule has 0 saturated carbocycles. The van der Waals surface area contributed by atoms with Crippen LogP contribution in [0.1, 0.15) is 59.8 Å². The number of nitrogens with one attached hydrogen (secondary N) is 1. The van der Waals surface area contributed by atoms with Gasteiger partial charge in [0.2, 0.25) is 5.91 Å². The van der Waals surface area contributed by atoms with Crippen LogP contribution in [0.15, 0.2) is 0 Å². The van der Waals surface area contributed by atoms with Crippen LogP contribution in [-0.4, -0.2) is 37.7 Å². The highest BCUT2D eigenvalue weighted by Gasteiger charge is 2.12. The quantitative estimate of drug-likeness (QED) is 0.444. The van der Waals surface area contributed by atoms with Gasteiger partial charge in [-0.2, -0.15) is 0 Å². The van der Waals surface area contributed by atoms with Gasteiger partial charge in [0.05, 0.1) is 6.61 Å². The van der Waals surface area contributed by atoms with E-state index in [4.69, 9.17) is 9.47 Å². The van der Waals surface area contributed by atoms with E-state index in [-0.39, 0.29) is 11.9 Å². The van der Waals surface area contributed by atoms with E-state index in [1.54, 1.807) is 13.8 Å². The van der Waals surface area contributed by atoms with Crippen molar-refractivity contribution in [1.29, 1.82) is 0 Å². The maximum absolute atomic E-state index is 11.7. The number of hydrogen-bond donors (Lipinski definition) is 1. The van der Waals surface area contributed by atoms with Crippen molar-refractivity contribution in [3.8, 4) is 0 Å². The first-order valence-electron chi connectivity index (χ1n) is 8.02. The van der Waals surface area contributed by atoms with E-state index in [1.807, 2.05) is 0 Å². The van der Waals surface area contributed by atoms with Crippen LogP contribution in [0, 0.1) is 5.92 Å². The van der Waals surface area contributed by atoms with Crippen molar-refractivity contribution in [1.82, 2.24) is 5.32 Å². The van der Waals surface area contributed by atoms with Gasteiger partial charge in [-0.05, 0) is 39.0 Å². The standard InChI is InChI=1S/C16H31NO4/c1-5-20-15(18)9-7-6-8-11-17-16(19)14(4)21-12-10-13(2)3/h13-14H,5-12H2,1-4H3,(H,17,19). The molecule has 1 amide bonds. The van der Waals surface area contributed by atoms with Crippen molar-refractivity contribution in [2.24, 2.45) is 5.92 Å². The highest BCUT2D eigenvalue weighted by atomic mass is 16.5. The number of esters is 1. The van der Waals surface area contributed by atoms with E-state index < -0.39 is 6.10 Å². The Balaban J connectivity index is 3.50. The van der Waals surface area contributed by atoms with Crippen molar-refractivity contribution >= 4 is 11.9 Å². The van der Waals surface area contributed by atoms with Crippen LogP contribution >= 0.6 is 0 Å². The molecule has 1 atom stereocenters. The molecule has 0 aliphatic heterocycles. The van der Waals surface area contributed by atoms with Gasteiger partial charge in [0.25, 0.3) is 0 Å². The van der Waals surface area contributed by atoms with Crippen LogP contribution in [0.2, 0.25) is 0 Å². The van der Waals surface area contributed by atoms with E-state index in [9.17, 15) is 9.59 Å². The third-order valence-corrected chi connectivity index (χ3v) is 3.09. The Morgan fingerprint density at radius 2 is 1.81 bits per heavy atom. The molecule has 0 bridgehead atoms. The highest BCUT2D eigenvalue weighted by Crippen LogP contribution is 2.03. The molecule has 21 heavy (non-hydrogen) atoms. The highest BCUT2D eigenvalue weighted by molar-refractivity contribution is 5.80. The van der Waals surface area contributed by atoms with Gasteiger partial charge < -0.3 is 14.8 Å². The van der Waals surface area contributed by atoms with Crippen LogP contribution in [-0.2, 0) is 19.1 Å². The number of carbonyl (C=O) groups excluding carboxylic acids is 2. The summed E-state index contributed by atoms with van der Waals surface area (Å²) in [6, 6.07) is 0. The number of hydrogen-bond acceptors (Lipinski definition) is 4. The molecule has 1 unspecified atom stereocenters. The van der Waals surface area contributed by atoms with Crippen LogP contribution in [0.25, 0.3) is 0 Å². The number of carbonyl (C=O) groups is 2. The first-order chi connectivity index (χ1) is 9.97. The molecule has 0 aliphatic carbocycles. The second-order valence-corrected chi connectivity index (χ2v) is 5.60. The van der Waals surface area contributed by atoms with Crippen molar-refractivity contribution in [2.45, 2.75) is 65.9 Å². The zero-order valence-corrected chi connectivity index (χ0v) is 13.9. The smallest absolute Gasteiger partial charge is 0.305 e. The molecule has 0 aromatic rings. The third kappa shape index (κ3) is 12.4. The average Bonchev–Trinajstić information content (AvgIpc) is 2.42. The SMILES string of the molecule is CCOC(=O)CCCCCNC(=O)C(C)OCCC(C)C. The largest absolute Gasteiger partial charge is 0.466 e. The molecular weight excluding hydrogens is 270 g/mol. The normalized spacial score (nSPS) is 12.2. The third-order valence-electron chi connectivity index (χ3n) is 3.09. The molecule has 0 saturated heterocycles. The second kappa shape index (κ2) is 12.6. The number of ether oxygens (including phenoxy) is 2. The lowest BCUT2D eigenvalue weighted by atomic mass is 10.1. The molecule has 0 aromatic heterocycles. The molecule has 0 aliphatic rings. The summed E-state index contributed by atoms with van der Waals surface area (Å²) in [5.41, 5.74) is 0. The minimum Gasteiger partial charge on any atom is -0.466 e. The summed E-state index contributed by atoms with van der Waals surface area (Å²) in [5, 5.41) is 2.85. The lowest BCUT2D eigenvalue weighted by molar-refractivity contribution is -0.143. The van der Waals surface area contributed by atoms with Crippen LogP contribution < -0.4 is 5.32 Å². The predicted molar refractivity (Wildman–Crippen MR) is 83.0 cm³/mol. The van der Waals surface area contributed by atoms with Crippen LogP contribution in [0.3, 0.4) is 0 Å². The van der Waals surface area contributed by atoms with Gasteiger partial charge in [-0.25, -0.2) is 0 Å². The summed E-state index contributed by atoms with van der Waals surface area (Å²) in [6.07, 6.45) is 3.59. The van der Waals surface area contributed by atoms with Gasteiger partial charge in [0.15, 0.2) is 0 Å². The fourth-order valence-electron chi connectivity index (χ4n) is 1.72. The van der Waals surface area contributed by atoms with Crippen molar-refractivity contribution in [3.05, 3.63) is 0 Å². The predicted octanol–water partition coefficient (Wildman–Crippen LogP) is 2.68. The molecule has 0 aromatic carbocycles. The Morgan fingerprint density at radius 1 is 1.10 bits per heavy atom. The first kappa shape index (κ1) is 19.9. The summed E-state index contributed by atoms with van der Waals surface area (Å²) in [5.74, 6) is 0.373. The summed E-state index contributed by atoms with van der Waals surface area (Å²) >= 11 is 0. The average molecular weight is 301 g/mol. The van der Waals surface area contributed by atoms with Gasteiger partial charge in [-0.3, -0.25) is 9.59 Å². The fraction of sp³-hybridized carbons (Fsp3) is 0.875. The maximum atomic E-state index is 11.7. The topological polar surface area (TPSA) is 64.6 Å². The maximum Gasteiger partial charge on any atom is 0.305 e. The van der Waals surface area contributed by atoms with Crippen molar-refractivity contribution in [3.63, 3.8) is 0 Å². The molecule has 1 N–H and O–H groups in total. The van der Waals surface area contributed by atoms with Crippen molar-refractivity contribution in [2.75, 3.05) is 19.8 Å². The summed E-state index contributed by atoms with van der Waals surface area (Å²) in [7, 11) is 0. The second-order valence-electron chi connectivity index (χ2n) is 5.60. The minimum absolute atomic E-state index is 0.0656. The van der Waals surface area contributed by atoms with E-state index in [0.717, 1.165) is 25.7 Å². The molecule has 5 heteroatoms. The van der Waals surface area contributed by atoms with Crippen molar-refractivity contribution < 1.29 is 19.1 Å². The zero-order chi connectivity index (χ0) is 16.1. The molecule has 0 fully saturated rings. The van der Waals surface area contributed by atoms with E-state index in [1.165, 1.54) is 0 Å². The number of amides is 1. The Morgan fingerprint density at radius 3 is 2.43 bits per heavy atom. The Hall–Kier alpha value is -1.10. The zero-order valence-electron chi connectivity index (χ0n) is 13.9. The van der Waals surface area contributed by atoms with E-state index in [0.29, 0.717) is 32.1 Å². The molecule has 0 spiro atoms. The summed E-state index contributed by atoms with van der Waals surface area (Å²) in [6.45, 7) is 9.51. The molecule has 0 rings (SSSR count). The lowest BCUT2D eigenvalue weighted by Gasteiger charge is -2.14. The first-order valence-corrected chi connectivity index (χ1v) is 8.02. The summed E-state index contributed by atoms with van der Waals surface area (Å²) in [4.78, 5) is 22.8. The minimum atomic E-state index is -0.400. The molecule has 124 valence electrons. The van der Waals surface area contributed by atoms with Crippen LogP contribution in [0.5, 0.6) is 0 Å². The monoisotopic (exact) mass is 301 g/mol. The van der Waals surface area contributed by atoms with Gasteiger partial charge in [0.1, 0.15) is 6.10 Å². The Kier molecular flexibility index (Phi) is 12.0. The van der Waals surface area contributed by atoms with Gasteiger partial charge in [0, 0.05) is 19.6 Å². The Labute approximate surface area is 128 Å². The molecular formula is C16H31NO4. The molecule has 0 radical (unpaired) electrons. The van der Waals surface area contributed by atoms with Crippen LogP contribution in [0.4, 0.5) is 0 Å². The van der Waals surface area contributed by atoms with Gasteiger partial charge in [-0.1, -0.05) is 20.3 Å². The van der Waals surface area contributed by atoms with E-state index in [2.05, 4.69) is 19.2 Å². The Bertz CT molecular complexity index is 292. The fourth-order valence-corrected chi connectivity index (χ4v) is 1.72.